The number of hydrogen-bond acceptors (Lipinski definition) is 5. The molecule has 2 aromatic heterocycles. The molecule has 124 valence electrons. The molecule has 23 heavy (non-hydrogen) atoms. The lowest BCUT2D eigenvalue weighted by atomic mass is 9.94. The van der Waals surface area contributed by atoms with Crippen molar-refractivity contribution in [1.29, 1.82) is 0 Å². The van der Waals surface area contributed by atoms with E-state index in [1.54, 1.807) is 6.26 Å². The van der Waals surface area contributed by atoms with E-state index in [9.17, 15) is 4.79 Å². The number of esters is 1. The molecule has 1 atom stereocenters. The zero-order valence-corrected chi connectivity index (χ0v) is 13.7. The van der Waals surface area contributed by atoms with E-state index < -0.39 is 5.97 Å². The summed E-state index contributed by atoms with van der Waals surface area (Å²) in [6, 6.07) is 1.86. The van der Waals surface area contributed by atoms with Crippen LogP contribution in [0.1, 0.15) is 34.8 Å². The lowest BCUT2D eigenvalue weighted by molar-refractivity contribution is 0.0560. The van der Waals surface area contributed by atoms with Gasteiger partial charge in [0, 0.05) is 44.5 Å². The van der Waals surface area contributed by atoms with Crippen LogP contribution in [0.4, 0.5) is 0 Å². The van der Waals surface area contributed by atoms with Crippen LogP contribution in [0.2, 0.25) is 0 Å². The number of furan rings is 1. The van der Waals surface area contributed by atoms with Crippen molar-refractivity contribution >= 4 is 5.97 Å². The van der Waals surface area contributed by atoms with E-state index in [-0.39, 0.29) is 0 Å². The average Bonchev–Trinajstić information content (AvgIpc) is 3.17. The van der Waals surface area contributed by atoms with Gasteiger partial charge in [0.25, 0.3) is 0 Å². The first-order valence-electron chi connectivity index (χ1n) is 8.00. The van der Waals surface area contributed by atoms with Crippen LogP contribution < -0.4 is 0 Å². The quantitative estimate of drug-likeness (QED) is 0.792. The fourth-order valence-electron chi connectivity index (χ4n) is 3.29. The predicted octanol–water partition coefficient (Wildman–Crippen LogP) is 2.25. The van der Waals surface area contributed by atoms with Crippen molar-refractivity contribution in [2.75, 3.05) is 20.2 Å². The number of carbonyl (C=O) groups excluding carboxylic acids is 1. The van der Waals surface area contributed by atoms with Crippen molar-refractivity contribution in [3.8, 4) is 0 Å². The third-order valence-electron chi connectivity index (χ3n) is 4.51. The Kier molecular flexibility index (Phi) is 4.81. The van der Waals surface area contributed by atoms with Crippen LogP contribution in [0, 0.1) is 5.92 Å². The second-order valence-corrected chi connectivity index (χ2v) is 6.17. The normalized spacial score (nSPS) is 19.0. The van der Waals surface area contributed by atoms with E-state index in [2.05, 4.69) is 14.5 Å². The predicted molar refractivity (Wildman–Crippen MR) is 85.0 cm³/mol. The van der Waals surface area contributed by atoms with E-state index in [0.717, 1.165) is 37.4 Å². The Balaban J connectivity index is 1.62. The fourth-order valence-corrected chi connectivity index (χ4v) is 3.29. The number of rotatable bonds is 5. The van der Waals surface area contributed by atoms with Gasteiger partial charge < -0.3 is 13.7 Å². The Morgan fingerprint density at radius 3 is 3.13 bits per heavy atom. The molecule has 3 rings (SSSR count). The number of aromatic nitrogens is 2. The van der Waals surface area contributed by atoms with Gasteiger partial charge in [0.05, 0.1) is 13.4 Å². The molecule has 1 aliphatic rings. The number of hydrogen-bond donors (Lipinski definition) is 0. The van der Waals surface area contributed by atoms with Crippen molar-refractivity contribution in [3.63, 3.8) is 0 Å². The number of aryl methyl sites for hydroxylation is 1. The molecule has 1 saturated heterocycles. The van der Waals surface area contributed by atoms with Crippen molar-refractivity contribution in [2.24, 2.45) is 13.0 Å². The smallest absolute Gasteiger partial charge is 0.374 e. The first-order chi connectivity index (χ1) is 11.2. The van der Waals surface area contributed by atoms with E-state index in [0.29, 0.717) is 11.7 Å². The van der Waals surface area contributed by atoms with Crippen LogP contribution in [0.5, 0.6) is 0 Å². The molecule has 6 heteroatoms. The van der Waals surface area contributed by atoms with Crippen LogP contribution in [-0.4, -0.2) is 40.6 Å². The Labute approximate surface area is 136 Å². The van der Waals surface area contributed by atoms with Crippen molar-refractivity contribution < 1.29 is 13.9 Å². The van der Waals surface area contributed by atoms with Gasteiger partial charge in [0.1, 0.15) is 5.82 Å². The van der Waals surface area contributed by atoms with Gasteiger partial charge in [-0.1, -0.05) is 0 Å². The first kappa shape index (κ1) is 15.8. The summed E-state index contributed by atoms with van der Waals surface area (Å²) in [5.74, 6) is 1.64. The maximum Gasteiger partial charge on any atom is 0.374 e. The SMILES string of the molecule is COC(=O)c1occc1CN1CCCC(Cc2nccn2C)C1. The molecule has 0 bridgehead atoms. The van der Waals surface area contributed by atoms with Gasteiger partial charge in [-0.15, -0.1) is 0 Å². The molecule has 0 aromatic carbocycles. The Hall–Kier alpha value is -2.08. The summed E-state index contributed by atoms with van der Waals surface area (Å²) in [5, 5.41) is 0. The summed E-state index contributed by atoms with van der Waals surface area (Å²) in [6.45, 7) is 2.78. The average molecular weight is 317 g/mol. The number of likely N-dealkylation sites (tertiary alicyclic amines) is 1. The lowest BCUT2D eigenvalue weighted by Gasteiger charge is -2.32. The highest BCUT2D eigenvalue weighted by Gasteiger charge is 2.24. The minimum atomic E-state index is -0.411. The molecule has 0 radical (unpaired) electrons. The summed E-state index contributed by atoms with van der Waals surface area (Å²) >= 11 is 0. The van der Waals surface area contributed by atoms with Crippen LogP contribution in [0.15, 0.2) is 29.1 Å². The minimum Gasteiger partial charge on any atom is -0.463 e. The number of methoxy groups -OCH3 is 1. The summed E-state index contributed by atoms with van der Waals surface area (Å²) < 4.78 is 12.1. The molecule has 0 N–H and O–H groups in total. The molecular weight excluding hydrogens is 294 g/mol. The van der Waals surface area contributed by atoms with Gasteiger partial charge in [0.2, 0.25) is 5.76 Å². The summed E-state index contributed by atoms with van der Waals surface area (Å²) in [6.07, 6.45) is 8.78. The molecule has 1 aliphatic heterocycles. The monoisotopic (exact) mass is 317 g/mol. The van der Waals surface area contributed by atoms with Crippen molar-refractivity contribution in [1.82, 2.24) is 14.5 Å². The molecule has 3 heterocycles. The summed E-state index contributed by atoms with van der Waals surface area (Å²) in [4.78, 5) is 18.5. The molecule has 1 unspecified atom stereocenters. The molecular formula is C17H23N3O3. The van der Waals surface area contributed by atoms with Gasteiger partial charge >= 0.3 is 5.97 Å². The zero-order chi connectivity index (χ0) is 16.2. The van der Waals surface area contributed by atoms with E-state index in [4.69, 9.17) is 9.15 Å². The first-order valence-corrected chi connectivity index (χ1v) is 8.00. The maximum absolute atomic E-state index is 11.7. The number of imidazole rings is 1. The standard InChI is InChI=1S/C17H23N3O3/c1-19-8-6-18-15(19)10-13-4-3-7-20(11-13)12-14-5-9-23-16(14)17(21)22-2/h5-6,8-9,13H,3-4,7,10-12H2,1-2H3. The van der Waals surface area contributed by atoms with Gasteiger partial charge in [-0.3, -0.25) is 4.90 Å². The summed E-state index contributed by atoms with van der Waals surface area (Å²) in [5.41, 5.74) is 0.898. The third-order valence-corrected chi connectivity index (χ3v) is 4.51. The molecule has 2 aromatic rings. The van der Waals surface area contributed by atoms with Crippen LogP contribution >= 0.6 is 0 Å². The fraction of sp³-hybridized carbons (Fsp3) is 0.529. The molecule has 0 spiro atoms. The number of nitrogens with zero attached hydrogens (tertiary/aromatic N) is 3. The lowest BCUT2D eigenvalue weighted by Crippen LogP contribution is -2.36. The van der Waals surface area contributed by atoms with E-state index in [1.165, 1.54) is 20.0 Å². The zero-order valence-electron chi connectivity index (χ0n) is 13.7. The van der Waals surface area contributed by atoms with Gasteiger partial charge in [-0.2, -0.15) is 0 Å². The number of carbonyl (C=O) groups is 1. The Morgan fingerprint density at radius 1 is 1.52 bits per heavy atom. The van der Waals surface area contributed by atoms with Gasteiger partial charge in [-0.25, -0.2) is 9.78 Å². The molecule has 6 nitrogen and oxygen atoms in total. The van der Waals surface area contributed by atoms with E-state index >= 15 is 0 Å². The van der Waals surface area contributed by atoms with Crippen molar-refractivity contribution in [2.45, 2.75) is 25.8 Å². The van der Waals surface area contributed by atoms with Crippen LogP contribution in [0.25, 0.3) is 0 Å². The summed E-state index contributed by atoms with van der Waals surface area (Å²) in [7, 11) is 3.41. The molecule has 0 amide bonds. The molecule has 0 saturated carbocycles. The third kappa shape index (κ3) is 3.64. The Morgan fingerprint density at radius 2 is 2.39 bits per heavy atom. The number of piperidine rings is 1. The second-order valence-electron chi connectivity index (χ2n) is 6.17. The largest absolute Gasteiger partial charge is 0.463 e. The van der Waals surface area contributed by atoms with Crippen LogP contribution in [0.3, 0.4) is 0 Å². The second kappa shape index (κ2) is 7.00. The van der Waals surface area contributed by atoms with E-state index in [1.807, 2.05) is 25.5 Å². The van der Waals surface area contributed by atoms with Crippen molar-refractivity contribution in [3.05, 3.63) is 41.9 Å². The van der Waals surface area contributed by atoms with Crippen LogP contribution in [-0.2, 0) is 24.8 Å². The maximum atomic E-state index is 11.7. The van der Waals surface area contributed by atoms with Gasteiger partial charge in [-0.05, 0) is 31.4 Å². The topological polar surface area (TPSA) is 60.5 Å². The molecule has 1 fully saturated rings. The number of ether oxygens (including phenoxy) is 1. The molecule has 0 aliphatic carbocycles. The highest BCUT2D eigenvalue weighted by molar-refractivity contribution is 5.87. The van der Waals surface area contributed by atoms with Gasteiger partial charge in [0.15, 0.2) is 0 Å². The highest BCUT2D eigenvalue weighted by atomic mass is 16.5. The Bertz CT molecular complexity index is 662. The minimum absolute atomic E-state index is 0.318. The highest BCUT2D eigenvalue weighted by Crippen LogP contribution is 2.23.